The summed E-state index contributed by atoms with van der Waals surface area (Å²) in [6.07, 6.45) is 1.89. The number of anilines is 1. The minimum absolute atomic E-state index is 0.292. The van der Waals surface area contributed by atoms with Crippen LogP contribution in [0.1, 0.15) is 34.6 Å². The number of hydrogen-bond acceptors (Lipinski definition) is 2. The first kappa shape index (κ1) is 13.9. The zero-order valence-corrected chi connectivity index (χ0v) is 12.7. The molecule has 0 fully saturated rings. The number of nitrogens with zero attached hydrogens (tertiary/aromatic N) is 2. The topological polar surface area (TPSA) is 31.9 Å². The maximum atomic E-state index is 4.09. The number of aromatic nitrogens is 2. The van der Waals surface area contributed by atoms with Crippen LogP contribution in [0.4, 0.5) is 5.69 Å². The second kappa shape index (κ2) is 5.24. The van der Waals surface area contributed by atoms with E-state index in [1.165, 1.54) is 11.1 Å². The van der Waals surface area contributed by atoms with Gasteiger partial charge in [0.2, 0.25) is 0 Å². The molecule has 0 saturated heterocycles. The molecule has 2 rings (SSSR count). The second-order valence-electron chi connectivity index (χ2n) is 6.98. The van der Waals surface area contributed by atoms with Gasteiger partial charge < -0.3 is 4.90 Å². The van der Waals surface area contributed by atoms with Crippen LogP contribution >= 0.6 is 0 Å². The molecule has 0 aliphatic carbocycles. The Morgan fingerprint density at radius 1 is 1.26 bits per heavy atom. The monoisotopic (exact) mass is 259 g/mol. The van der Waals surface area contributed by atoms with Crippen molar-refractivity contribution in [1.82, 2.24) is 10.2 Å². The number of fused-ring (bicyclic) bond motifs is 1. The summed E-state index contributed by atoms with van der Waals surface area (Å²) in [4.78, 5) is 2.48. The van der Waals surface area contributed by atoms with E-state index in [1.54, 1.807) is 0 Å². The molecule has 19 heavy (non-hydrogen) atoms. The maximum absolute atomic E-state index is 4.09. The van der Waals surface area contributed by atoms with Crippen LogP contribution in [0, 0.1) is 11.3 Å². The molecule has 0 spiro atoms. The predicted molar refractivity (Wildman–Crippen MR) is 82.6 cm³/mol. The van der Waals surface area contributed by atoms with E-state index in [9.17, 15) is 0 Å². The Balaban J connectivity index is 2.30. The van der Waals surface area contributed by atoms with Crippen molar-refractivity contribution in [3.05, 3.63) is 24.4 Å². The Hall–Kier alpha value is -1.51. The van der Waals surface area contributed by atoms with Gasteiger partial charge in [-0.15, -0.1) is 0 Å². The van der Waals surface area contributed by atoms with E-state index in [1.807, 2.05) is 6.20 Å². The van der Waals surface area contributed by atoms with Crippen LogP contribution in [0.5, 0.6) is 0 Å². The average molecular weight is 259 g/mol. The summed E-state index contributed by atoms with van der Waals surface area (Å²) in [5.41, 5.74) is 2.68. The molecule has 1 aromatic carbocycles. The Kier molecular flexibility index (Phi) is 3.83. The largest absolute Gasteiger partial charge is 0.371 e. The first-order valence-electron chi connectivity index (χ1n) is 7.03. The molecule has 0 aliphatic heterocycles. The maximum Gasteiger partial charge on any atom is 0.0651 e. The van der Waals surface area contributed by atoms with Crippen molar-refractivity contribution in [3.63, 3.8) is 0 Å². The van der Waals surface area contributed by atoms with Crippen molar-refractivity contribution in [1.29, 1.82) is 0 Å². The van der Waals surface area contributed by atoms with Crippen LogP contribution in [-0.4, -0.2) is 23.3 Å². The third-order valence-electron chi connectivity index (χ3n) is 3.04. The van der Waals surface area contributed by atoms with Crippen molar-refractivity contribution in [2.24, 2.45) is 11.3 Å². The highest BCUT2D eigenvalue weighted by molar-refractivity contribution is 5.82. The minimum atomic E-state index is 0.292. The second-order valence-corrected chi connectivity index (χ2v) is 6.98. The minimum Gasteiger partial charge on any atom is -0.371 e. The van der Waals surface area contributed by atoms with Crippen molar-refractivity contribution >= 4 is 16.6 Å². The lowest BCUT2D eigenvalue weighted by Gasteiger charge is -2.33. The Morgan fingerprint density at radius 2 is 2.00 bits per heavy atom. The molecule has 104 valence electrons. The van der Waals surface area contributed by atoms with Crippen molar-refractivity contribution in [3.8, 4) is 0 Å². The van der Waals surface area contributed by atoms with Gasteiger partial charge in [-0.25, -0.2) is 0 Å². The van der Waals surface area contributed by atoms with Gasteiger partial charge in [-0.05, 0) is 29.5 Å². The van der Waals surface area contributed by atoms with Crippen LogP contribution in [0.3, 0.4) is 0 Å². The van der Waals surface area contributed by atoms with Crippen molar-refractivity contribution in [2.75, 3.05) is 18.0 Å². The van der Waals surface area contributed by atoms with E-state index in [4.69, 9.17) is 0 Å². The lowest BCUT2D eigenvalue weighted by Crippen LogP contribution is -2.35. The summed E-state index contributed by atoms with van der Waals surface area (Å²) in [5.74, 6) is 0.655. The highest BCUT2D eigenvalue weighted by atomic mass is 15.1. The van der Waals surface area contributed by atoms with Gasteiger partial charge in [0.25, 0.3) is 0 Å². The van der Waals surface area contributed by atoms with Gasteiger partial charge in [0.05, 0.1) is 11.7 Å². The molecule has 1 N–H and O–H groups in total. The first-order chi connectivity index (χ1) is 8.85. The van der Waals surface area contributed by atoms with Crippen molar-refractivity contribution < 1.29 is 0 Å². The molecule has 0 radical (unpaired) electrons. The van der Waals surface area contributed by atoms with Gasteiger partial charge >= 0.3 is 0 Å². The fourth-order valence-electron chi connectivity index (χ4n) is 2.40. The predicted octanol–water partition coefficient (Wildman–Crippen LogP) is 4.07. The van der Waals surface area contributed by atoms with Crippen LogP contribution in [0.25, 0.3) is 10.9 Å². The molecule has 1 heterocycles. The fraction of sp³-hybridized carbons (Fsp3) is 0.562. The lowest BCUT2D eigenvalue weighted by atomic mass is 9.95. The molecule has 0 saturated carbocycles. The van der Waals surface area contributed by atoms with E-state index < -0.39 is 0 Å². The van der Waals surface area contributed by atoms with E-state index in [0.29, 0.717) is 11.3 Å². The molecule has 0 unspecified atom stereocenters. The van der Waals surface area contributed by atoms with E-state index in [-0.39, 0.29) is 0 Å². The van der Waals surface area contributed by atoms with E-state index in [2.05, 4.69) is 67.9 Å². The van der Waals surface area contributed by atoms with Gasteiger partial charge in [-0.3, -0.25) is 5.10 Å². The molecule has 2 aromatic rings. The van der Waals surface area contributed by atoms with Gasteiger partial charge in [0.1, 0.15) is 0 Å². The molecular weight excluding hydrogens is 234 g/mol. The molecule has 1 aromatic heterocycles. The smallest absolute Gasteiger partial charge is 0.0651 e. The number of rotatable bonds is 4. The summed E-state index contributed by atoms with van der Waals surface area (Å²) in [6.45, 7) is 13.6. The fourth-order valence-corrected chi connectivity index (χ4v) is 2.40. The highest BCUT2D eigenvalue weighted by Gasteiger charge is 2.18. The van der Waals surface area contributed by atoms with E-state index >= 15 is 0 Å². The zero-order valence-electron chi connectivity index (χ0n) is 12.7. The summed E-state index contributed by atoms with van der Waals surface area (Å²) >= 11 is 0. The Bertz CT molecular complexity index is 534. The standard InChI is InChI=1S/C16H25N3/c1-12(2)10-19(11-16(3,4)5)14-6-7-15-13(8-14)9-17-18-15/h6-9,12H,10-11H2,1-5H3,(H,17,18). The van der Waals surface area contributed by atoms with Gasteiger partial charge in [-0.2, -0.15) is 5.10 Å². The van der Waals surface area contributed by atoms with Crippen LogP contribution in [-0.2, 0) is 0 Å². The van der Waals surface area contributed by atoms with Crippen molar-refractivity contribution in [2.45, 2.75) is 34.6 Å². The quantitative estimate of drug-likeness (QED) is 0.897. The van der Waals surface area contributed by atoms with Crippen LogP contribution < -0.4 is 4.90 Å². The zero-order chi connectivity index (χ0) is 14.0. The van der Waals surface area contributed by atoms with Gasteiger partial charge in [-0.1, -0.05) is 34.6 Å². The number of benzene rings is 1. The molecule has 0 aliphatic rings. The summed E-state index contributed by atoms with van der Waals surface area (Å²) in [5, 5.41) is 8.28. The Labute approximate surface area is 116 Å². The van der Waals surface area contributed by atoms with Crippen LogP contribution in [0.2, 0.25) is 0 Å². The third-order valence-corrected chi connectivity index (χ3v) is 3.04. The van der Waals surface area contributed by atoms with Gasteiger partial charge in [0.15, 0.2) is 0 Å². The molecule has 0 bridgehead atoms. The summed E-state index contributed by atoms with van der Waals surface area (Å²) in [7, 11) is 0. The SMILES string of the molecule is CC(C)CN(CC(C)(C)C)c1ccc2[nH]ncc2c1. The van der Waals surface area contributed by atoms with Gasteiger partial charge in [0, 0.05) is 24.2 Å². The number of hydrogen-bond donors (Lipinski definition) is 1. The first-order valence-corrected chi connectivity index (χ1v) is 7.03. The molecule has 0 amide bonds. The highest BCUT2D eigenvalue weighted by Crippen LogP contribution is 2.25. The third kappa shape index (κ3) is 3.72. The lowest BCUT2D eigenvalue weighted by molar-refractivity contribution is 0.400. The molecule has 3 nitrogen and oxygen atoms in total. The molecule has 3 heteroatoms. The number of H-pyrrole nitrogens is 1. The summed E-state index contributed by atoms with van der Waals surface area (Å²) < 4.78 is 0. The Morgan fingerprint density at radius 3 is 2.63 bits per heavy atom. The van der Waals surface area contributed by atoms with Crippen LogP contribution in [0.15, 0.2) is 24.4 Å². The normalized spacial score (nSPS) is 12.3. The van der Waals surface area contributed by atoms with E-state index in [0.717, 1.165) is 18.6 Å². The number of nitrogens with one attached hydrogen (secondary N) is 1. The average Bonchev–Trinajstić information content (AvgIpc) is 2.72. The molecular formula is C16H25N3. The number of aromatic amines is 1. The molecule has 0 atom stereocenters. The summed E-state index contributed by atoms with van der Waals surface area (Å²) in [6, 6.07) is 6.54.